The lowest BCUT2D eigenvalue weighted by atomic mass is 10.2. The van der Waals surface area contributed by atoms with E-state index in [2.05, 4.69) is 11.9 Å². The Labute approximate surface area is 188 Å². The number of amides is 1. The van der Waals surface area contributed by atoms with Crippen molar-refractivity contribution in [3.05, 3.63) is 96.1 Å². The van der Waals surface area contributed by atoms with Crippen LogP contribution in [0.25, 0.3) is 0 Å². The zero-order chi connectivity index (χ0) is 23.8. The summed E-state index contributed by atoms with van der Waals surface area (Å²) in [4.78, 5) is 12.7. The van der Waals surface area contributed by atoms with Gasteiger partial charge in [0.25, 0.3) is 5.91 Å². The standard InChI is InChI=1S/C23H22N2O5S2/c1-3-4-5-20(23(26)25-21-10-6-18(16-24)7-11-21)14-15-32(29,30)17-19-8-12-22(13-9-19)31(2,27)28/h3-14H,1,15,17H2,2H3,(H,25,26)/b5-4-,20-14+. The predicted molar refractivity (Wildman–Crippen MR) is 124 cm³/mol. The molecule has 32 heavy (non-hydrogen) atoms. The first-order valence-corrected chi connectivity index (χ1v) is 13.1. The minimum Gasteiger partial charge on any atom is -0.322 e. The van der Waals surface area contributed by atoms with Crippen LogP contribution in [0, 0.1) is 11.3 Å². The molecule has 1 N–H and O–H groups in total. The molecule has 0 atom stereocenters. The first-order valence-electron chi connectivity index (χ1n) is 9.34. The van der Waals surface area contributed by atoms with Gasteiger partial charge in [-0.15, -0.1) is 0 Å². The SMILES string of the molecule is C=C/C=C\C(=C/CS(=O)(=O)Cc1ccc(S(C)(=O)=O)cc1)C(=O)Nc1ccc(C#N)cc1. The van der Waals surface area contributed by atoms with Crippen LogP contribution in [0.3, 0.4) is 0 Å². The van der Waals surface area contributed by atoms with Crippen LogP contribution in [0.15, 0.2) is 89.9 Å². The van der Waals surface area contributed by atoms with Gasteiger partial charge < -0.3 is 5.32 Å². The quantitative estimate of drug-likeness (QED) is 0.444. The Morgan fingerprint density at radius 3 is 2.22 bits per heavy atom. The van der Waals surface area contributed by atoms with E-state index in [-0.39, 0.29) is 16.2 Å². The molecule has 0 saturated carbocycles. The van der Waals surface area contributed by atoms with Crippen LogP contribution in [0.1, 0.15) is 11.1 Å². The summed E-state index contributed by atoms with van der Waals surface area (Å²) in [7, 11) is -6.99. The highest BCUT2D eigenvalue weighted by Crippen LogP contribution is 2.15. The van der Waals surface area contributed by atoms with Gasteiger partial charge >= 0.3 is 0 Å². The van der Waals surface area contributed by atoms with E-state index in [0.29, 0.717) is 16.8 Å². The minimum atomic E-state index is -3.62. The van der Waals surface area contributed by atoms with Crippen molar-refractivity contribution in [1.29, 1.82) is 5.26 Å². The fourth-order valence-corrected chi connectivity index (χ4v) is 4.48. The van der Waals surface area contributed by atoms with E-state index in [9.17, 15) is 21.6 Å². The van der Waals surface area contributed by atoms with Crippen molar-refractivity contribution in [3.63, 3.8) is 0 Å². The van der Waals surface area contributed by atoms with Gasteiger partial charge in [-0.1, -0.05) is 36.9 Å². The number of nitrogens with zero attached hydrogens (tertiary/aromatic N) is 1. The van der Waals surface area contributed by atoms with Crippen LogP contribution in [0.5, 0.6) is 0 Å². The zero-order valence-electron chi connectivity index (χ0n) is 17.4. The van der Waals surface area contributed by atoms with Crippen LogP contribution in [0.4, 0.5) is 5.69 Å². The van der Waals surface area contributed by atoms with Gasteiger partial charge in [-0.25, -0.2) is 16.8 Å². The van der Waals surface area contributed by atoms with Crippen molar-refractivity contribution in [2.45, 2.75) is 10.6 Å². The summed E-state index contributed by atoms with van der Waals surface area (Å²) in [6.07, 6.45) is 6.80. The fourth-order valence-electron chi connectivity index (χ4n) is 2.60. The molecular formula is C23H22N2O5S2. The number of benzene rings is 2. The summed E-state index contributed by atoms with van der Waals surface area (Å²) in [5, 5.41) is 11.5. The van der Waals surface area contributed by atoms with E-state index in [1.165, 1.54) is 48.6 Å². The van der Waals surface area contributed by atoms with Crippen molar-refractivity contribution in [3.8, 4) is 6.07 Å². The summed E-state index contributed by atoms with van der Waals surface area (Å²) in [5.41, 5.74) is 1.47. The maximum absolute atomic E-state index is 12.6. The summed E-state index contributed by atoms with van der Waals surface area (Å²) in [6.45, 7) is 3.55. The first-order chi connectivity index (χ1) is 15.0. The molecule has 0 unspecified atom stereocenters. The highest BCUT2D eigenvalue weighted by molar-refractivity contribution is 7.91. The van der Waals surface area contributed by atoms with E-state index in [0.717, 1.165) is 6.26 Å². The van der Waals surface area contributed by atoms with Gasteiger partial charge in [-0.2, -0.15) is 5.26 Å². The lowest BCUT2D eigenvalue weighted by Crippen LogP contribution is -2.15. The van der Waals surface area contributed by atoms with Crippen molar-refractivity contribution in [2.75, 3.05) is 17.3 Å². The van der Waals surface area contributed by atoms with Gasteiger partial charge in [-0.05, 0) is 48.0 Å². The first kappa shape index (κ1) is 24.8. The second-order valence-corrected chi connectivity index (χ2v) is 11.0. The molecule has 0 aliphatic heterocycles. The van der Waals surface area contributed by atoms with E-state index < -0.39 is 31.3 Å². The Hall–Kier alpha value is -3.48. The molecule has 166 valence electrons. The molecule has 0 aliphatic carbocycles. The average molecular weight is 471 g/mol. The number of allylic oxidation sites excluding steroid dienone is 2. The second-order valence-electron chi connectivity index (χ2n) is 6.87. The fraction of sp³-hybridized carbons (Fsp3) is 0.130. The molecule has 0 radical (unpaired) electrons. The molecule has 1 amide bonds. The summed E-state index contributed by atoms with van der Waals surface area (Å²) in [6, 6.07) is 13.9. The molecular weight excluding hydrogens is 448 g/mol. The van der Waals surface area contributed by atoms with Crippen molar-refractivity contribution in [1.82, 2.24) is 0 Å². The second kappa shape index (κ2) is 10.7. The zero-order valence-corrected chi connectivity index (χ0v) is 19.0. The van der Waals surface area contributed by atoms with Crippen molar-refractivity contribution < 1.29 is 21.6 Å². The van der Waals surface area contributed by atoms with Gasteiger partial charge in [0.2, 0.25) is 0 Å². The van der Waals surface area contributed by atoms with E-state index in [1.807, 2.05) is 6.07 Å². The van der Waals surface area contributed by atoms with Gasteiger partial charge in [-0.3, -0.25) is 4.79 Å². The number of carbonyl (C=O) groups excluding carboxylic acids is 1. The Morgan fingerprint density at radius 2 is 1.69 bits per heavy atom. The average Bonchev–Trinajstić information content (AvgIpc) is 2.73. The van der Waals surface area contributed by atoms with Crippen LogP contribution >= 0.6 is 0 Å². The Morgan fingerprint density at radius 1 is 1.06 bits per heavy atom. The monoisotopic (exact) mass is 470 g/mol. The number of sulfone groups is 2. The number of nitriles is 1. The number of hydrogen-bond donors (Lipinski definition) is 1. The van der Waals surface area contributed by atoms with Gasteiger partial charge in [0.1, 0.15) is 0 Å². The summed E-state index contributed by atoms with van der Waals surface area (Å²) >= 11 is 0. The highest BCUT2D eigenvalue weighted by atomic mass is 32.2. The number of carbonyl (C=O) groups is 1. The number of anilines is 1. The number of rotatable bonds is 9. The molecule has 0 aromatic heterocycles. The maximum Gasteiger partial charge on any atom is 0.255 e. The van der Waals surface area contributed by atoms with Gasteiger partial charge in [0.15, 0.2) is 19.7 Å². The largest absolute Gasteiger partial charge is 0.322 e. The minimum absolute atomic E-state index is 0.106. The third kappa shape index (κ3) is 7.65. The molecule has 2 aromatic rings. The summed E-state index contributed by atoms with van der Waals surface area (Å²) < 4.78 is 48.1. The topological polar surface area (TPSA) is 121 Å². The molecule has 2 rings (SSSR count). The Balaban J connectivity index is 2.16. The van der Waals surface area contributed by atoms with Crippen molar-refractivity contribution in [2.24, 2.45) is 0 Å². The molecule has 7 nitrogen and oxygen atoms in total. The van der Waals surface area contributed by atoms with Crippen LogP contribution in [0.2, 0.25) is 0 Å². The van der Waals surface area contributed by atoms with Gasteiger partial charge in [0.05, 0.1) is 28.0 Å². The smallest absolute Gasteiger partial charge is 0.255 e. The Bertz CT molecular complexity index is 1300. The van der Waals surface area contributed by atoms with Crippen molar-refractivity contribution >= 4 is 31.3 Å². The number of hydrogen-bond acceptors (Lipinski definition) is 6. The molecule has 0 fully saturated rings. The third-order valence-corrected chi connectivity index (χ3v) is 6.82. The molecule has 0 bridgehead atoms. The van der Waals surface area contributed by atoms with Gasteiger partial charge in [0, 0.05) is 17.5 Å². The summed E-state index contributed by atoms with van der Waals surface area (Å²) in [5.74, 6) is -1.21. The van der Waals surface area contributed by atoms with Crippen LogP contribution in [-0.4, -0.2) is 34.8 Å². The van der Waals surface area contributed by atoms with Crippen LogP contribution < -0.4 is 5.32 Å². The maximum atomic E-state index is 12.6. The van der Waals surface area contributed by atoms with E-state index in [1.54, 1.807) is 24.3 Å². The Kier molecular flexibility index (Phi) is 8.29. The molecule has 0 spiro atoms. The lowest BCUT2D eigenvalue weighted by molar-refractivity contribution is -0.112. The normalized spacial score (nSPS) is 12.3. The lowest BCUT2D eigenvalue weighted by Gasteiger charge is -2.07. The molecule has 0 saturated heterocycles. The third-order valence-electron chi connectivity index (χ3n) is 4.24. The molecule has 0 aliphatic rings. The molecule has 2 aromatic carbocycles. The van der Waals surface area contributed by atoms with E-state index >= 15 is 0 Å². The highest BCUT2D eigenvalue weighted by Gasteiger charge is 2.14. The molecule has 9 heteroatoms. The van der Waals surface area contributed by atoms with Crippen LogP contribution in [-0.2, 0) is 30.2 Å². The number of nitrogens with one attached hydrogen (secondary N) is 1. The predicted octanol–water partition coefficient (Wildman–Crippen LogP) is 3.18. The molecule has 0 heterocycles. The van der Waals surface area contributed by atoms with E-state index in [4.69, 9.17) is 5.26 Å².